The lowest BCUT2D eigenvalue weighted by Crippen LogP contribution is -2.32. The number of hydrogen-bond acceptors (Lipinski definition) is 2. The summed E-state index contributed by atoms with van der Waals surface area (Å²) in [6.07, 6.45) is 0.0623. The van der Waals surface area contributed by atoms with Crippen molar-refractivity contribution in [2.24, 2.45) is 5.73 Å². The first-order chi connectivity index (χ1) is 6.49. The monoisotopic (exact) mass is 217 g/mol. The highest BCUT2D eigenvalue weighted by Crippen LogP contribution is 2.15. The summed E-state index contributed by atoms with van der Waals surface area (Å²) in [4.78, 5) is 10.4. The smallest absolute Gasteiger partial charge is 0.320 e. The largest absolute Gasteiger partial charge is 0.480 e. The quantitative estimate of drug-likeness (QED) is 0.805. The third kappa shape index (κ3) is 2.97. The SMILES string of the molecule is N[C@@H](Cc1cc(F)cc(Cl)c1)C(=O)O. The molecule has 0 amide bonds. The molecule has 0 saturated heterocycles. The average molecular weight is 218 g/mol. The molecule has 0 fully saturated rings. The summed E-state index contributed by atoms with van der Waals surface area (Å²) in [6, 6.07) is 2.83. The first-order valence-corrected chi connectivity index (χ1v) is 4.30. The molecule has 0 unspecified atom stereocenters. The molecule has 0 aliphatic rings. The van der Waals surface area contributed by atoms with Gasteiger partial charge in [-0.2, -0.15) is 0 Å². The van der Waals surface area contributed by atoms with Gasteiger partial charge >= 0.3 is 5.97 Å². The number of benzene rings is 1. The topological polar surface area (TPSA) is 63.3 Å². The molecule has 0 aliphatic carbocycles. The molecule has 0 spiro atoms. The molecule has 0 saturated carbocycles. The van der Waals surface area contributed by atoms with Crippen molar-refractivity contribution in [3.63, 3.8) is 0 Å². The second-order valence-corrected chi connectivity index (χ2v) is 3.36. The van der Waals surface area contributed by atoms with E-state index in [2.05, 4.69) is 0 Å². The number of halogens is 2. The fourth-order valence-electron chi connectivity index (χ4n) is 1.07. The summed E-state index contributed by atoms with van der Waals surface area (Å²) < 4.78 is 12.8. The van der Waals surface area contributed by atoms with Gasteiger partial charge in [0.2, 0.25) is 0 Å². The van der Waals surface area contributed by atoms with Crippen LogP contribution in [0.5, 0.6) is 0 Å². The van der Waals surface area contributed by atoms with E-state index < -0.39 is 17.8 Å². The molecule has 1 aromatic rings. The third-order valence-electron chi connectivity index (χ3n) is 1.70. The van der Waals surface area contributed by atoms with Crippen molar-refractivity contribution < 1.29 is 14.3 Å². The van der Waals surface area contributed by atoms with Gasteiger partial charge in [-0.15, -0.1) is 0 Å². The molecule has 14 heavy (non-hydrogen) atoms. The fraction of sp³-hybridized carbons (Fsp3) is 0.222. The van der Waals surface area contributed by atoms with Crippen LogP contribution in [-0.2, 0) is 11.2 Å². The predicted molar refractivity (Wildman–Crippen MR) is 50.7 cm³/mol. The minimum atomic E-state index is -1.12. The molecule has 1 atom stereocenters. The van der Waals surface area contributed by atoms with Crippen molar-refractivity contribution in [2.75, 3.05) is 0 Å². The molecule has 1 rings (SSSR count). The van der Waals surface area contributed by atoms with Crippen LogP contribution in [0.1, 0.15) is 5.56 Å². The Morgan fingerprint density at radius 3 is 2.71 bits per heavy atom. The Labute approximate surface area is 85.3 Å². The highest BCUT2D eigenvalue weighted by atomic mass is 35.5. The Morgan fingerprint density at radius 1 is 1.57 bits per heavy atom. The lowest BCUT2D eigenvalue weighted by atomic mass is 10.1. The Hall–Kier alpha value is -1.13. The lowest BCUT2D eigenvalue weighted by molar-refractivity contribution is -0.138. The van der Waals surface area contributed by atoms with E-state index in [0.717, 1.165) is 6.07 Å². The summed E-state index contributed by atoms with van der Waals surface area (Å²) in [5, 5.41) is 8.76. The van der Waals surface area contributed by atoms with Crippen molar-refractivity contribution in [2.45, 2.75) is 12.5 Å². The zero-order chi connectivity index (χ0) is 10.7. The van der Waals surface area contributed by atoms with Crippen molar-refractivity contribution in [3.05, 3.63) is 34.6 Å². The van der Waals surface area contributed by atoms with E-state index in [1.165, 1.54) is 12.1 Å². The van der Waals surface area contributed by atoms with E-state index >= 15 is 0 Å². The van der Waals surface area contributed by atoms with Gasteiger partial charge in [-0.05, 0) is 30.2 Å². The van der Waals surface area contributed by atoms with Gasteiger partial charge in [-0.25, -0.2) is 4.39 Å². The molecule has 0 aromatic heterocycles. The highest BCUT2D eigenvalue weighted by molar-refractivity contribution is 6.30. The van der Waals surface area contributed by atoms with Crippen LogP contribution in [0.25, 0.3) is 0 Å². The van der Waals surface area contributed by atoms with Gasteiger partial charge < -0.3 is 10.8 Å². The summed E-state index contributed by atoms with van der Waals surface area (Å²) in [7, 11) is 0. The highest BCUT2D eigenvalue weighted by Gasteiger charge is 2.12. The van der Waals surface area contributed by atoms with E-state index in [9.17, 15) is 9.18 Å². The predicted octanol–water partition coefficient (Wildman–Crippen LogP) is 1.43. The molecule has 5 heteroatoms. The van der Waals surface area contributed by atoms with E-state index in [1.807, 2.05) is 0 Å². The van der Waals surface area contributed by atoms with E-state index in [1.54, 1.807) is 0 Å². The zero-order valence-corrected chi connectivity index (χ0v) is 7.96. The maximum absolute atomic E-state index is 12.8. The zero-order valence-electron chi connectivity index (χ0n) is 7.21. The maximum Gasteiger partial charge on any atom is 0.320 e. The Morgan fingerprint density at radius 2 is 2.21 bits per heavy atom. The average Bonchev–Trinajstić information content (AvgIpc) is 2.01. The molecule has 0 radical (unpaired) electrons. The van der Waals surface area contributed by atoms with Crippen LogP contribution >= 0.6 is 11.6 Å². The van der Waals surface area contributed by atoms with Crippen molar-refractivity contribution >= 4 is 17.6 Å². The van der Waals surface area contributed by atoms with Crippen molar-refractivity contribution in [1.29, 1.82) is 0 Å². The van der Waals surface area contributed by atoms with E-state index in [0.29, 0.717) is 5.56 Å². The number of nitrogens with two attached hydrogens (primary N) is 1. The molecule has 0 bridgehead atoms. The number of rotatable bonds is 3. The molecule has 1 aromatic carbocycles. The fourth-order valence-corrected chi connectivity index (χ4v) is 1.31. The standard InChI is InChI=1S/C9H9ClFNO2/c10-6-1-5(2-7(11)4-6)3-8(12)9(13)14/h1-2,4,8H,3,12H2,(H,13,14)/t8-/m0/s1. The Kier molecular flexibility index (Phi) is 3.43. The molecule has 76 valence electrons. The van der Waals surface area contributed by atoms with Gasteiger partial charge in [-0.3, -0.25) is 4.79 Å². The second kappa shape index (κ2) is 4.39. The van der Waals surface area contributed by atoms with Gasteiger partial charge in [-0.1, -0.05) is 11.6 Å². The number of carbonyl (C=O) groups is 1. The number of carboxylic acids is 1. The second-order valence-electron chi connectivity index (χ2n) is 2.93. The van der Waals surface area contributed by atoms with Crippen LogP contribution in [0.3, 0.4) is 0 Å². The van der Waals surface area contributed by atoms with E-state index in [4.69, 9.17) is 22.4 Å². The Bertz CT molecular complexity index is 336. The number of hydrogen-bond donors (Lipinski definition) is 2. The first kappa shape index (κ1) is 10.9. The van der Waals surface area contributed by atoms with Crippen LogP contribution in [0.2, 0.25) is 5.02 Å². The Balaban J connectivity index is 2.81. The normalized spacial score (nSPS) is 12.5. The molecule has 0 heterocycles. The van der Waals surface area contributed by atoms with Crippen LogP contribution in [0.4, 0.5) is 4.39 Å². The summed E-state index contributed by atoms with van der Waals surface area (Å²) in [5.74, 6) is -1.62. The van der Waals surface area contributed by atoms with Crippen LogP contribution in [-0.4, -0.2) is 17.1 Å². The number of aliphatic carboxylic acids is 1. The van der Waals surface area contributed by atoms with Gasteiger partial charge in [0.1, 0.15) is 11.9 Å². The summed E-state index contributed by atoms with van der Waals surface area (Å²) >= 11 is 5.58. The van der Waals surface area contributed by atoms with Gasteiger partial charge in [0.25, 0.3) is 0 Å². The summed E-state index contributed by atoms with van der Waals surface area (Å²) in [5.41, 5.74) is 5.76. The molecule has 3 N–H and O–H groups in total. The molecular formula is C9H9ClFNO2. The van der Waals surface area contributed by atoms with Crippen LogP contribution < -0.4 is 5.73 Å². The molecule has 3 nitrogen and oxygen atoms in total. The molecule has 0 aliphatic heterocycles. The minimum Gasteiger partial charge on any atom is -0.480 e. The van der Waals surface area contributed by atoms with Gasteiger partial charge in [0.05, 0.1) is 0 Å². The third-order valence-corrected chi connectivity index (χ3v) is 1.91. The maximum atomic E-state index is 12.8. The van der Waals surface area contributed by atoms with E-state index in [-0.39, 0.29) is 11.4 Å². The summed E-state index contributed by atoms with van der Waals surface area (Å²) in [6.45, 7) is 0. The van der Waals surface area contributed by atoms with Crippen molar-refractivity contribution in [3.8, 4) is 0 Å². The lowest BCUT2D eigenvalue weighted by Gasteiger charge is -2.06. The van der Waals surface area contributed by atoms with Crippen LogP contribution in [0, 0.1) is 5.82 Å². The molecular weight excluding hydrogens is 209 g/mol. The number of carboxylic acid groups (broad SMARTS) is 1. The van der Waals surface area contributed by atoms with Crippen LogP contribution in [0.15, 0.2) is 18.2 Å². The van der Waals surface area contributed by atoms with Crippen molar-refractivity contribution in [1.82, 2.24) is 0 Å². The van der Waals surface area contributed by atoms with Gasteiger partial charge in [0.15, 0.2) is 0 Å². The minimum absolute atomic E-state index is 0.0623. The van der Waals surface area contributed by atoms with Gasteiger partial charge in [0, 0.05) is 5.02 Å². The first-order valence-electron chi connectivity index (χ1n) is 3.92.